The van der Waals surface area contributed by atoms with E-state index in [1.807, 2.05) is 0 Å². The Kier molecular flexibility index (Phi) is 4.48. The van der Waals surface area contributed by atoms with Gasteiger partial charge in [0.2, 0.25) is 10.0 Å². The molecule has 1 heterocycles. The van der Waals surface area contributed by atoms with E-state index in [-0.39, 0.29) is 21.5 Å². The van der Waals surface area contributed by atoms with Crippen LogP contribution in [0, 0.1) is 5.92 Å². The fraction of sp³-hybridized carbons (Fsp3) is 0.500. The molecule has 0 aromatic heterocycles. The van der Waals surface area contributed by atoms with E-state index in [9.17, 15) is 16.8 Å². The highest BCUT2D eigenvalue weighted by Crippen LogP contribution is 2.22. The van der Waals surface area contributed by atoms with E-state index in [1.165, 1.54) is 24.3 Å². The zero-order valence-corrected chi connectivity index (χ0v) is 12.5. The van der Waals surface area contributed by atoms with Crippen molar-refractivity contribution in [3.63, 3.8) is 0 Å². The summed E-state index contributed by atoms with van der Waals surface area (Å²) in [5, 5.41) is 4.97. The van der Waals surface area contributed by atoms with Crippen LogP contribution >= 0.6 is 0 Å². The summed E-state index contributed by atoms with van der Waals surface area (Å²) in [6, 6.07) is 5.00. The normalized spacial score (nSPS) is 18.1. The van der Waals surface area contributed by atoms with E-state index in [2.05, 4.69) is 0 Å². The van der Waals surface area contributed by atoms with E-state index in [0.29, 0.717) is 13.2 Å². The first-order valence-corrected chi connectivity index (χ1v) is 9.42. The Bertz CT molecular complexity index is 658. The summed E-state index contributed by atoms with van der Waals surface area (Å²) in [7, 11) is -7.22. The van der Waals surface area contributed by atoms with Gasteiger partial charge in [0.25, 0.3) is 0 Å². The van der Waals surface area contributed by atoms with E-state index in [4.69, 9.17) is 9.88 Å². The van der Waals surface area contributed by atoms with E-state index in [0.717, 1.165) is 12.8 Å². The summed E-state index contributed by atoms with van der Waals surface area (Å²) in [5.74, 6) is 0.150. The molecule has 1 aromatic carbocycles. The number of ether oxygens (including phenoxy) is 1. The highest BCUT2D eigenvalue weighted by Gasteiger charge is 2.23. The van der Waals surface area contributed by atoms with Gasteiger partial charge in [-0.15, -0.1) is 0 Å². The third-order valence-corrected chi connectivity index (χ3v) is 6.14. The largest absolute Gasteiger partial charge is 0.381 e. The van der Waals surface area contributed by atoms with Crippen LogP contribution in [-0.4, -0.2) is 35.8 Å². The molecule has 20 heavy (non-hydrogen) atoms. The van der Waals surface area contributed by atoms with Gasteiger partial charge in [0.05, 0.1) is 15.5 Å². The van der Waals surface area contributed by atoms with Crippen molar-refractivity contribution in [1.82, 2.24) is 0 Å². The van der Waals surface area contributed by atoms with Crippen LogP contribution in [0.4, 0.5) is 0 Å². The van der Waals surface area contributed by atoms with Gasteiger partial charge in [0.1, 0.15) is 0 Å². The maximum atomic E-state index is 12.2. The Morgan fingerprint density at radius 1 is 1.00 bits per heavy atom. The van der Waals surface area contributed by atoms with Crippen molar-refractivity contribution in [2.24, 2.45) is 11.1 Å². The van der Waals surface area contributed by atoms with Gasteiger partial charge in [-0.25, -0.2) is 22.0 Å². The fourth-order valence-electron chi connectivity index (χ4n) is 2.16. The molecule has 0 bridgehead atoms. The molecule has 0 amide bonds. The maximum absolute atomic E-state index is 12.2. The molecular weight excluding hydrogens is 302 g/mol. The Morgan fingerprint density at radius 2 is 1.50 bits per heavy atom. The van der Waals surface area contributed by atoms with Crippen molar-refractivity contribution in [2.45, 2.75) is 22.6 Å². The van der Waals surface area contributed by atoms with Gasteiger partial charge in [0, 0.05) is 13.2 Å². The maximum Gasteiger partial charge on any atom is 0.238 e. The Hall–Kier alpha value is -0.960. The molecule has 2 N–H and O–H groups in total. The second-order valence-corrected chi connectivity index (χ2v) is 8.45. The lowest BCUT2D eigenvalue weighted by Crippen LogP contribution is -2.23. The highest BCUT2D eigenvalue weighted by atomic mass is 32.2. The van der Waals surface area contributed by atoms with E-state index in [1.54, 1.807) is 0 Å². The van der Waals surface area contributed by atoms with Crippen molar-refractivity contribution < 1.29 is 21.6 Å². The molecule has 2 rings (SSSR count). The van der Waals surface area contributed by atoms with Crippen LogP contribution in [0.5, 0.6) is 0 Å². The highest BCUT2D eigenvalue weighted by molar-refractivity contribution is 7.91. The number of sulfone groups is 1. The third-order valence-electron chi connectivity index (χ3n) is 3.31. The number of hydrogen-bond donors (Lipinski definition) is 1. The van der Waals surface area contributed by atoms with Crippen molar-refractivity contribution in [3.05, 3.63) is 24.3 Å². The molecule has 6 nitrogen and oxygen atoms in total. The van der Waals surface area contributed by atoms with Crippen LogP contribution in [0.3, 0.4) is 0 Å². The summed E-state index contributed by atoms with van der Waals surface area (Å²) in [6.45, 7) is 1.18. The smallest absolute Gasteiger partial charge is 0.238 e. The summed E-state index contributed by atoms with van der Waals surface area (Å²) in [6.07, 6.45) is 1.46. The predicted molar refractivity (Wildman–Crippen MR) is 73.4 cm³/mol. The number of nitrogens with two attached hydrogens (primary N) is 1. The molecule has 1 fully saturated rings. The Balaban J connectivity index is 2.17. The second-order valence-electron chi connectivity index (χ2n) is 4.85. The zero-order chi connectivity index (χ0) is 14.8. The first-order valence-electron chi connectivity index (χ1n) is 6.22. The summed E-state index contributed by atoms with van der Waals surface area (Å²) in [4.78, 5) is 0.0268. The molecule has 1 aromatic rings. The molecule has 112 valence electrons. The lowest BCUT2D eigenvalue weighted by Gasteiger charge is -2.21. The molecule has 1 aliphatic rings. The summed E-state index contributed by atoms with van der Waals surface area (Å²) >= 11 is 0. The fourth-order valence-corrected chi connectivity index (χ4v) is 4.37. The number of hydrogen-bond acceptors (Lipinski definition) is 5. The van der Waals surface area contributed by atoms with Crippen LogP contribution in [0.1, 0.15) is 12.8 Å². The van der Waals surface area contributed by atoms with Gasteiger partial charge in [-0.2, -0.15) is 0 Å². The molecule has 0 spiro atoms. The zero-order valence-electron chi connectivity index (χ0n) is 10.9. The molecule has 0 unspecified atom stereocenters. The molecule has 0 aliphatic carbocycles. The van der Waals surface area contributed by atoms with Gasteiger partial charge in [-0.1, -0.05) is 0 Å². The lowest BCUT2D eigenvalue weighted by molar-refractivity contribution is 0.0723. The first-order chi connectivity index (χ1) is 9.29. The van der Waals surface area contributed by atoms with Gasteiger partial charge < -0.3 is 4.74 Å². The minimum atomic E-state index is -3.80. The van der Waals surface area contributed by atoms with Crippen molar-refractivity contribution >= 4 is 19.9 Å². The minimum absolute atomic E-state index is 0.0606. The molecular formula is C12H17NO5S2. The quantitative estimate of drug-likeness (QED) is 0.872. The van der Waals surface area contributed by atoms with E-state index < -0.39 is 19.9 Å². The van der Waals surface area contributed by atoms with Crippen molar-refractivity contribution in [2.75, 3.05) is 19.0 Å². The van der Waals surface area contributed by atoms with Gasteiger partial charge in [-0.3, -0.25) is 0 Å². The molecule has 0 saturated carbocycles. The molecule has 1 saturated heterocycles. The number of sulfonamides is 1. The van der Waals surface area contributed by atoms with Gasteiger partial charge >= 0.3 is 0 Å². The van der Waals surface area contributed by atoms with Crippen molar-refractivity contribution in [3.8, 4) is 0 Å². The minimum Gasteiger partial charge on any atom is -0.381 e. The SMILES string of the molecule is NS(=O)(=O)c1ccc(S(=O)(=O)CC2CCOCC2)cc1. The second kappa shape index (κ2) is 5.80. The van der Waals surface area contributed by atoms with Crippen LogP contribution in [0.25, 0.3) is 0 Å². The van der Waals surface area contributed by atoms with E-state index >= 15 is 0 Å². The number of rotatable bonds is 4. The van der Waals surface area contributed by atoms with Crippen molar-refractivity contribution in [1.29, 1.82) is 0 Å². The number of primary sulfonamides is 1. The van der Waals surface area contributed by atoms with Gasteiger partial charge in [-0.05, 0) is 43.0 Å². The average molecular weight is 319 g/mol. The third kappa shape index (κ3) is 3.78. The molecule has 0 atom stereocenters. The predicted octanol–water partition coefficient (Wildman–Crippen LogP) is 0.534. The van der Waals surface area contributed by atoms with Crippen LogP contribution in [-0.2, 0) is 24.6 Å². The monoisotopic (exact) mass is 319 g/mol. The standard InChI is InChI=1S/C12H17NO5S2/c13-20(16,17)12-3-1-11(2-4-12)19(14,15)9-10-5-7-18-8-6-10/h1-4,10H,5-9H2,(H2,13,16,17). The van der Waals surface area contributed by atoms with Crippen LogP contribution in [0.15, 0.2) is 34.1 Å². The molecule has 1 aliphatic heterocycles. The number of benzene rings is 1. The Labute approximate surface area is 118 Å². The summed E-state index contributed by atoms with van der Waals surface area (Å²) in [5.41, 5.74) is 0. The van der Waals surface area contributed by atoms with Crippen LogP contribution in [0.2, 0.25) is 0 Å². The molecule has 0 radical (unpaired) electrons. The first kappa shape index (κ1) is 15.4. The summed E-state index contributed by atoms with van der Waals surface area (Å²) < 4.78 is 51.9. The topological polar surface area (TPSA) is 104 Å². The van der Waals surface area contributed by atoms with Crippen LogP contribution < -0.4 is 5.14 Å². The van der Waals surface area contributed by atoms with Gasteiger partial charge in [0.15, 0.2) is 9.84 Å². The molecule has 8 heteroatoms. The Morgan fingerprint density at radius 3 is 2.00 bits per heavy atom. The average Bonchev–Trinajstić information content (AvgIpc) is 2.38. The lowest BCUT2D eigenvalue weighted by atomic mass is 10.0.